The van der Waals surface area contributed by atoms with Crippen molar-refractivity contribution in [3.8, 4) is 0 Å². The maximum Gasteiger partial charge on any atom is 0.338 e. The largest absolute Gasteiger partial charge is 0.459 e. The Balaban J connectivity index is 0.942. The first-order valence-corrected chi connectivity index (χ1v) is 27.5. The van der Waals surface area contributed by atoms with Gasteiger partial charge in [-0.3, -0.25) is 4.79 Å². The zero-order valence-corrected chi connectivity index (χ0v) is 44.8. The maximum atomic E-state index is 15.7. The van der Waals surface area contributed by atoms with Gasteiger partial charge in [0, 0.05) is 5.41 Å². The highest BCUT2D eigenvalue weighted by atomic mass is 16.7. The van der Waals surface area contributed by atoms with Gasteiger partial charge >= 0.3 is 29.8 Å². The first-order chi connectivity index (χ1) is 36.3. The first kappa shape index (κ1) is 53.3. The van der Waals surface area contributed by atoms with Gasteiger partial charge in [-0.2, -0.15) is 0 Å². The third-order valence-corrected chi connectivity index (χ3v) is 20.4. The van der Waals surface area contributed by atoms with E-state index in [4.69, 9.17) is 28.4 Å². The SMILES string of the molecule is C=C(C)[C@@H]1CC[C@]2(C(=O)O[C@@H]3O[C@H](COC(=O)c4ccccc4)[C@@H](OC(=O)c4ccccc4)[C@H](O)[C@H]3OC(=O)c3ccccc3)CC[C@]3(C)[C@H](CC[C@@H]4[C@@]5(C)CC[C@H](OC(=O)c6ccccc6)C(C)(C)[C@@H]5CC[C@]43C)[C@@H]12. The lowest BCUT2D eigenvalue weighted by atomic mass is 9.32. The van der Waals surface area contributed by atoms with Gasteiger partial charge in [0.1, 0.15) is 24.9 Å². The summed E-state index contributed by atoms with van der Waals surface area (Å²) in [7, 11) is 0. The van der Waals surface area contributed by atoms with Gasteiger partial charge in [0.25, 0.3) is 0 Å². The molecule has 0 unspecified atom stereocenters. The van der Waals surface area contributed by atoms with Gasteiger partial charge < -0.3 is 33.5 Å². The van der Waals surface area contributed by atoms with Crippen LogP contribution < -0.4 is 0 Å². The molecule has 4 aromatic carbocycles. The van der Waals surface area contributed by atoms with Crippen molar-refractivity contribution in [2.24, 2.45) is 56.7 Å². The normalized spacial score (nSPS) is 36.1. The van der Waals surface area contributed by atoms with Crippen molar-refractivity contribution in [3.05, 3.63) is 156 Å². The van der Waals surface area contributed by atoms with Gasteiger partial charge in [-0.15, -0.1) is 0 Å². The van der Waals surface area contributed by atoms with Crippen molar-refractivity contribution in [1.29, 1.82) is 0 Å². The number of benzene rings is 4. The molecule has 1 saturated heterocycles. The summed E-state index contributed by atoms with van der Waals surface area (Å²) in [4.78, 5) is 70.3. The van der Waals surface area contributed by atoms with Gasteiger partial charge in [0.15, 0.2) is 12.2 Å². The molecule has 0 aromatic heterocycles. The van der Waals surface area contributed by atoms with Gasteiger partial charge in [-0.05, 0) is 165 Å². The Bertz CT molecular complexity index is 2800. The van der Waals surface area contributed by atoms with Crippen LogP contribution in [0.2, 0.25) is 0 Å². The van der Waals surface area contributed by atoms with Crippen LogP contribution in [0.4, 0.5) is 0 Å². The molecular formula is C64H74O12. The summed E-state index contributed by atoms with van der Waals surface area (Å²) >= 11 is 0. The number of aliphatic hydroxyl groups is 1. The summed E-state index contributed by atoms with van der Waals surface area (Å²) < 4.78 is 37.4. The lowest BCUT2D eigenvalue weighted by molar-refractivity contribution is -0.297. The maximum absolute atomic E-state index is 15.7. The fraction of sp³-hybridized carbons (Fsp3) is 0.516. The molecule has 12 nitrogen and oxygen atoms in total. The molecule has 1 heterocycles. The second kappa shape index (κ2) is 20.7. The summed E-state index contributed by atoms with van der Waals surface area (Å²) in [5.74, 6) is -2.27. The van der Waals surface area contributed by atoms with Crippen molar-refractivity contribution in [2.75, 3.05) is 6.61 Å². The summed E-state index contributed by atoms with van der Waals surface area (Å²) in [5.41, 5.74) is 0.814. The molecule has 10 rings (SSSR count). The molecule has 4 aromatic rings. The quantitative estimate of drug-likeness (QED) is 0.0813. The number of aliphatic hydroxyl groups excluding tert-OH is 1. The molecule has 76 heavy (non-hydrogen) atoms. The highest BCUT2D eigenvalue weighted by molar-refractivity contribution is 5.91. The van der Waals surface area contributed by atoms with Crippen LogP contribution in [0.1, 0.15) is 147 Å². The van der Waals surface area contributed by atoms with E-state index in [0.29, 0.717) is 30.2 Å². The summed E-state index contributed by atoms with van der Waals surface area (Å²) in [5, 5.41) is 12.4. The predicted molar refractivity (Wildman–Crippen MR) is 283 cm³/mol. The number of rotatable bonds is 12. The molecule has 1 N–H and O–H groups in total. The van der Waals surface area contributed by atoms with E-state index in [2.05, 4.69) is 48.1 Å². The van der Waals surface area contributed by atoms with Crippen molar-refractivity contribution >= 4 is 29.8 Å². The van der Waals surface area contributed by atoms with Gasteiger partial charge in [0.05, 0.1) is 27.7 Å². The fourth-order valence-electron chi connectivity index (χ4n) is 16.4. The monoisotopic (exact) mass is 1030 g/mol. The first-order valence-electron chi connectivity index (χ1n) is 27.5. The Morgan fingerprint density at radius 2 is 1.09 bits per heavy atom. The molecule has 5 aliphatic carbocycles. The minimum Gasteiger partial charge on any atom is -0.459 e. The molecule has 12 heteroatoms. The Kier molecular flexibility index (Phi) is 14.5. The number of esters is 5. The number of ether oxygens (including phenoxy) is 6. The standard InChI is InChI=1S/C64H74O12/c1-39(2)44-30-35-64(37-36-62(6)45(50(44)64)28-29-48-61(5)33-32-49(73-55(67)41-22-14-9-15-23-41)60(3,4)47(61)31-34-63(48,62)7)59(70)76-58-53(75-57(69)43-26-18-11-19-27-43)51(65)52(74-56(68)42-24-16-10-17-25-42)46(72-58)38-71-54(66)40-20-12-8-13-21-40/h8-27,44-53,58,65H,1,28-38H2,2-7H3/t44-,45+,46+,47-,48+,49-,50+,51-,52+,53+,58-,61-,62+,63+,64-/m0/s1. The molecular weight excluding hydrogens is 961 g/mol. The Morgan fingerprint density at radius 3 is 1.64 bits per heavy atom. The van der Waals surface area contributed by atoms with E-state index in [1.165, 1.54) is 0 Å². The zero-order valence-electron chi connectivity index (χ0n) is 44.8. The van der Waals surface area contributed by atoms with Crippen LogP contribution in [0.25, 0.3) is 0 Å². The minimum absolute atomic E-state index is 0.00162. The molecule has 0 amide bonds. The number of allylic oxidation sites excluding steroid dienone is 1. The molecule has 0 spiro atoms. The molecule has 6 aliphatic rings. The second-order valence-corrected chi connectivity index (χ2v) is 24.3. The van der Waals surface area contributed by atoms with Crippen LogP contribution in [0.5, 0.6) is 0 Å². The van der Waals surface area contributed by atoms with E-state index in [1.54, 1.807) is 91.0 Å². The number of hydrogen-bond acceptors (Lipinski definition) is 12. The van der Waals surface area contributed by atoms with E-state index < -0.39 is 66.6 Å². The molecule has 6 fully saturated rings. The van der Waals surface area contributed by atoms with Crippen LogP contribution in [0, 0.1) is 56.7 Å². The zero-order chi connectivity index (χ0) is 53.8. The Labute approximate surface area is 447 Å². The fourth-order valence-corrected chi connectivity index (χ4v) is 16.4. The number of hydrogen-bond donors (Lipinski definition) is 1. The topological polar surface area (TPSA) is 161 Å². The molecule has 0 radical (unpaired) electrons. The number of carbonyl (C=O) groups excluding carboxylic acids is 5. The summed E-state index contributed by atoms with van der Waals surface area (Å²) in [6.45, 7) is 18.3. The second-order valence-electron chi connectivity index (χ2n) is 24.3. The third-order valence-electron chi connectivity index (χ3n) is 20.4. The van der Waals surface area contributed by atoms with Crippen molar-refractivity contribution in [1.82, 2.24) is 0 Å². The third kappa shape index (κ3) is 9.18. The smallest absolute Gasteiger partial charge is 0.338 e. The lowest BCUT2D eigenvalue weighted by Crippen LogP contribution is -2.67. The van der Waals surface area contributed by atoms with Crippen LogP contribution in [0.15, 0.2) is 133 Å². The molecule has 5 saturated carbocycles. The van der Waals surface area contributed by atoms with Crippen LogP contribution in [-0.2, 0) is 33.2 Å². The van der Waals surface area contributed by atoms with E-state index in [1.807, 2.05) is 30.3 Å². The lowest BCUT2D eigenvalue weighted by Gasteiger charge is -2.72. The molecule has 0 bridgehead atoms. The van der Waals surface area contributed by atoms with Crippen molar-refractivity contribution < 1.29 is 57.5 Å². The number of fused-ring (bicyclic) bond motifs is 7. The van der Waals surface area contributed by atoms with Gasteiger partial charge in [-0.1, -0.05) is 120 Å². The Morgan fingerprint density at radius 1 is 0.566 bits per heavy atom. The Hall–Kier alpha value is -6.11. The van der Waals surface area contributed by atoms with Crippen LogP contribution in [0.3, 0.4) is 0 Å². The predicted octanol–water partition coefficient (Wildman–Crippen LogP) is 11.8. The van der Waals surface area contributed by atoms with Crippen molar-refractivity contribution in [2.45, 2.75) is 143 Å². The van der Waals surface area contributed by atoms with Crippen molar-refractivity contribution in [3.63, 3.8) is 0 Å². The van der Waals surface area contributed by atoms with E-state index in [9.17, 15) is 24.3 Å². The molecule has 15 atom stereocenters. The minimum atomic E-state index is -1.80. The van der Waals surface area contributed by atoms with Crippen LogP contribution >= 0.6 is 0 Å². The average molecular weight is 1040 g/mol. The highest BCUT2D eigenvalue weighted by Crippen LogP contribution is 2.78. The van der Waals surface area contributed by atoms with E-state index in [-0.39, 0.29) is 68.2 Å². The average Bonchev–Trinajstić information content (AvgIpc) is 3.85. The molecule has 1 aliphatic heterocycles. The van der Waals surface area contributed by atoms with Crippen LogP contribution in [-0.4, -0.2) is 78.4 Å². The highest BCUT2D eigenvalue weighted by Gasteiger charge is 2.73. The summed E-state index contributed by atoms with van der Waals surface area (Å²) in [6.07, 6.45) is 0.0886. The summed E-state index contributed by atoms with van der Waals surface area (Å²) in [6, 6.07) is 34.1. The van der Waals surface area contributed by atoms with E-state index >= 15 is 4.79 Å². The number of carbonyl (C=O) groups is 5. The van der Waals surface area contributed by atoms with Gasteiger partial charge in [-0.25, -0.2) is 19.2 Å². The molecule has 402 valence electrons. The van der Waals surface area contributed by atoms with E-state index in [0.717, 1.165) is 56.9 Å². The van der Waals surface area contributed by atoms with Gasteiger partial charge in [0.2, 0.25) is 6.29 Å².